The number of halogens is 1. The largest absolute Gasteiger partial charge is 0.418 e. The number of rotatable bonds is 1. The molecule has 0 fully saturated rings. The van der Waals surface area contributed by atoms with Crippen molar-refractivity contribution in [2.75, 3.05) is 0 Å². The molecule has 1 heterocycles. The quantitative estimate of drug-likeness (QED) is 0.527. The molecule has 1 aromatic heterocycles. The van der Waals surface area contributed by atoms with Gasteiger partial charge in [0.05, 0.1) is 6.20 Å². The van der Waals surface area contributed by atoms with Crippen LogP contribution in [-0.4, -0.2) is 17.6 Å². The molecule has 0 N–H and O–H groups in total. The van der Waals surface area contributed by atoms with Gasteiger partial charge in [0, 0.05) is 6.20 Å². The maximum atomic E-state index is 11.8. The van der Waals surface area contributed by atoms with Crippen LogP contribution in [0.25, 0.3) is 0 Å². The van der Waals surface area contributed by atoms with Crippen molar-refractivity contribution in [3.8, 4) is 0 Å². The van der Waals surface area contributed by atoms with Gasteiger partial charge in [0.15, 0.2) is 0 Å². The third-order valence-corrected chi connectivity index (χ3v) is 1.37. The van der Waals surface area contributed by atoms with Gasteiger partial charge in [-0.2, -0.15) is 13.5 Å². The Morgan fingerprint density at radius 2 is 2.22 bits per heavy atom. The molecule has 6 heteroatoms. The molecule has 0 bridgehead atoms. The van der Waals surface area contributed by atoms with Gasteiger partial charge in [-0.1, -0.05) is 3.89 Å². The molecule has 0 spiro atoms. The molecule has 9 heavy (non-hydrogen) atoms. The van der Waals surface area contributed by atoms with E-state index in [-0.39, 0.29) is 4.09 Å². The lowest BCUT2D eigenvalue weighted by atomic mass is 10.8. The molecule has 0 aromatic carbocycles. The van der Waals surface area contributed by atoms with E-state index in [0.717, 1.165) is 6.20 Å². The summed E-state index contributed by atoms with van der Waals surface area (Å²) in [5.41, 5.74) is 0. The van der Waals surface area contributed by atoms with Crippen molar-refractivity contribution in [1.29, 1.82) is 0 Å². The molecule has 0 amide bonds. The fraction of sp³-hybridized carbons (Fsp3) is 0. The lowest BCUT2D eigenvalue weighted by Gasteiger charge is -1.87. The SMILES string of the molecule is O=S(=O)(F)n1cccn1. The maximum absolute atomic E-state index is 11.8. The highest BCUT2D eigenvalue weighted by Gasteiger charge is 2.07. The van der Waals surface area contributed by atoms with Crippen LogP contribution in [-0.2, 0) is 10.4 Å². The Hall–Kier alpha value is -0.910. The van der Waals surface area contributed by atoms with E-state index in [9.17, 15) is 12.3 Å². The van der Waals surface area contributed by atoms with Gasteiger partial charge in [-0.15, -0.1) is 4.09 Å². The minimum Gasteiger partial charge on any atom is -0.170 e. The molecule has 0 aliphatic heterocycles. The lowest BCUT2D eigenvalue weighted by Crippen LogP contribution is -2.05. The Morgan fingerprint density at radius 1 is 1.56 bits per heavy atom. The van der Waals surface area contributed by atoms with Gasteiger partial charge in [0.2, 0.25) is 0 Å². The molecule has 50 valence electrons. The van der Waals surface area contributed by atoms with E-state index in [0.29, 0.717) is 0 Å². The van der Waals surface area contributed by atoms with Crippen molar-refractivity contribution in [3.63, 3.8) is 0 Å². The monoisotopic (exact) mass is 150 g/mol. The Bertz CT molecular complexity index is 277. The fourth-order valence-electron chi connectivity index (χ4n) is 0.384. The van der Waals surface area contributed by atoms with E-state index in [1.165, 1.54) is 12.3 Å². The summed E-state index contributed by atoms with van der Waals surface area (Å²) in [5, 5.41) is 3.14. The molecule has 0 aliphatic carbocycles. The van der Waals surface area contributed by atoms with Crippen molar-refractivity contribution in [1.82, 2.24) is 9.19 Å². The average Bonchev–Trinajstić information content (AvgIpc) is 2.08. The molecular formula is C3H3FN2O2S. The highest BCUT2D eigenvalue weighted by Crippen LogP contribution is 1.93. The summed E-state index contributed by atoms with van der Waals surface area (Å²) in [5.74, 6) is 0. The van der Waals surface area contributed by atoms with Crippen LogP contribution < -0.4 is 0 Å². The zero-order valence-corrected chi connectivity index (χ0v) is 5.05. The van der Waals surface area contributed by atoms with Gasteiger partial charge in [0.1, 0.15) is 0 Å². The normalized spacial score (nSPS) is 11.7. The highest BCUT2D eigenvalue weighted by atomic mass is 32.3. The summed E-state index contributed by atoms with van der Waals surface area (Å²) in [6.07, 6.45) is 2.19. The minimum atomic E-state index is -4.65. The Kier molecular flexibility index (Phi) is 1.24. The van der Waals surface area contributed by atoms with Crippen LogP contribution in [0.1, 0.15) is 0 Å². The van der Waals surface area contributed by atoms with Crippen LogP contribution in [0.4, 0.5) is 3.89 Å². The summed E-state index contributed by atoms with van der Waals surface area (Å²) in [6, 6.07) is 1.32. The van der Waals surface area contributed by atoms with Crippen molar-refractivity contribution >= 4 is 10.4 Å². The third kappa shape index (κ3) is 1.26. The minimum absolute atomic E-state index is 0.243. The van der Waals surface area contributed by atoms with E-state index in [1.807, 2.05) is 0 Å². The summed E-state index contributed by atoms with van der Waals surface area (Å²) in [4.78, 5) is 0. The first kappa shape index (κ1) is 6.21. The van der Waals surface area contributed by atoms with E-state index in [4.69, 9.17) is 0 Å². The van der Waals surface area contributed by atoms with Gasteiger partial charge < -0.3 is 0 Å². The van der Waals surface area contributed by atoms with Gasteiger partial charge in [0.25, 0.3) is 0 Å². The van der Waals surface area contributed by atoms with Gasteiger partial charge in [-0.25, -0.2) is 0 Å². The van der Waals surface area contributed by atoms with Crippen LogP contribution in [0.3, 0.4) is 0 Å². The van der Waals surface area contributed by atoms with Gasteiger partial charge >= 0.3 is 10.4 Å². The van der Waals surface area contributed by atoms with Gasteiger partial charge in [-0.3, -0.25) is 0 Å². The molecule has 1 aromatic rings. The fourth-order valence-corrected chi connectivity index (χ4v) is 0.767. The molecule has 0 unspecified atom stereocenters. The maximum Gasteiger partial charge on any atom is 0.418 e. The van der Waals surface area contributed by atoms with Crippen LogP contribution in [0.2, 0.25) is 0 Å². The highest BCUT2D eigenvalue weighted by molar-refractivity contribution is 7.84. The number of hydrogen-bond donors (Lipinski definition) is 0. The van der Waals surface area contributed by atoms with Crippen LogP contribution in [0, 0.1) is 0 Å². The zero-order valence-electron chi connectivity index (χ0n) is 4.23. The first-order valence-electron chi connectivity index (χ1n) is 2.05. The van der Waals surface area contributed by atoms with E-state index in [1.54, 1.807) is 0 Å². The Labute approximate surface area is 51.3 Å². The van der Waals surface area contributed by atoms with E-state index in [2.05, 4.69) is 5.10 Å². The second kappa shape index (κ2) is 1.80. The average molecular weight is 150 g/mol. The third-order valence-electron chi connectivity index (χ3n) is 0.704. The predicted molar refractivity (Wildman–Crippen MR) is 27.7 cm³/mol. The lowest BCUT2D eigenvalue weighted by molar-refractivity contribution is 0.533. The van der Waals surface area contributed by atoms with Crippen molar-refractivity contribution in [3.05, 3.63) is 18.5 Å². The molecule has 0 aliphatic rings. The number of hydrogen-bond acceptors (Lipinski definition) is 3. The molecule has 0 saturated carbocycles. The van der Waals surface area contributed by atoms with E-state index < -0.39 is 10.4 Å². The summed E-state index contributed by atoms with van der Waals surface area (Å²) in [6.45, 7) is 0. The van der Waals surface area contributed by atoms with Crippen molar-refractivity contribution in [2.45, 2.75) is 0 Å². The van der Waals surface area contributed by atoms with Crippen LogP contribution >= 0.6 is 0 Å². The summed E-state index contributed by atoms with van der Waals surface area (Å²) in [7, 11) is -4.65. The second-order valence-electron chi connectivity index (χ2n) is 1.32. The zero-order chi connectivity index (χ0) is 6.91. The van der Waals surface area contributed by atoms with Crippen molar-refractivity contribution < 1.29 is 12.3 Å². The molecule has 4 nitrogen and oxygen atoms in total. The first-order chi connectivity index (χ1) is 4.11. The van der Waals surface area contributed by atoms with Gasteiger partial charge in [-0.05, 0) is 6.07 Å². The van der Waals surface area contributed by atoms with Crippen LogP contribution in [0.5, 0.6) is 0 Å². The second-order valence-corrected chi connectivity index (χ2v) is 2.52. The Morgan fingerprint density at radius 3 is 2.44 bits per heavy atom. The summed E-state index contributed by atoms with van der Waals surface area (Å²) < 4.78 is 31.9. The van der Waals surface area contributed by atoms with E-state index >= 15 is 0 Å². The molecule has 0 atom stereocenters. The summed E-state index contributed by atoms with van der Waals surface area (Å²) >= 11 is 0. The first-order valence-corrected chi connectivity index (χ1v) is 3.39. The number of nitrogens with zero attached hydrogens (tertiary/aromatic N) is 2. The molecule has 0 radical (unpaired) electrons. The molecule has 0 saturated heterocycles. The topological polar surface area (TPSA) is 52.0 Å². The predicted octanol–water partition coefficient (Wildman–Crippen LogP) is -0.0545. The standard InChI is InChI=1S/C3H3FN2O2S/c4-9(7,8)6-3-1-2-5-6/h1-3H. The Balaban J connectivity index is 3.20. The van der Waals surface area contributed by atoms with Crippen LogP contribution in [0.15, 0.2) is 18.5 Å². The van der Waals surface area contributed by atoms with Crippen molar-refractivity contribution in [2.24, 2.45) is 0 Å². The number of aromatic nitrogens is 2. The molecule has 1 rings (SSSR count). The molecular weight excluding hydrogens is 147 g/mol. The smallest absolute Gasteiger partial charge is 0.170 e.